The summed E-state index contributed by atoms with van der Waals surface area (Å²) in [5, 5.41) is 13.3. The van der Waals surface area contributed by atoms with Crippen molar-refractivity contribution in [2.75, 3.05) is 18.1 Å². The van der Waals surface area contributed by atoms with Gasteiger partial charge in [0, 0.05) is 17.1 Å². The van der Waals surface area contributed by atoms with Gasteiger partial charge in [0.05, 0.1) is 24.8 Å². The molecule has 1 amide bonds. The number of amides is 1. The summed E-state index contributed by atoms with van der Waals surface area (Å²) < 4.78 is 11.8. The molecule has 1 aromatic heterocycles. The van der Waals surface area contributed by atoms with Gasteiger partial charge < -0.3 is 14.6 Å². The number of anilines is 1. The average Bonchev–Trinajstić information content (AvgIpc) is 3.49. The van der Waals surface area contributed by atoms with Crippen molar-refractivity contribution in [1.82, 2.24) is 4.98 Å². The first-order chi connectivity index (χ1) is 17.1. The SMILES string of the molecule is CCCCCOc1ccc(C2/C(=C(\O)c3ccccc3)C(=O)C(=O)N2c2nccs2)cc1OCC. The molecule has 0 bridgehead atoms. The van der Waals surface area contributed by atoms with Crippen molar-refractivity contribution in [2.45, 2.75) is 39.2 Å². The van der Waals surface area contributed by atoms with Crippen molar-refractivity contribution in [2.24, 2.45) is 0 Å². The van der Waals surface area contributed by atoms with Crippen molar-refractivity contribution in [3.63, 3.8) is 0 Å². The zero-order valence-electron chi connectivity index (χ0n) is 19.8. The first kappa shape index (κ1) is 24.5. The van der Waals surface area contributed by atoms with Gasteiger partial charge in [0.25, 0.3) is 5.78 Å². The van der Waals surface area contributed by atoms with Gasteiger partial charge in [0.15, 0.2) is 16.6 Å². The Morgan fingerprint density at radius 3 is 2.54 bits per heavy atom. The summed E-state index contributed by atoms with van der Waals surface area (Å²) in [4.78, 5) is 32.0. The van der Waals surface area contributed by atoms with Gasteiger partial charge in [0.1, 0.15) is 5.76 Å². The Kier molecular flexibility index (Phi) is 7.82. The number of ether oxygens (including phenoxy) is 2. The van der Waals surface area contributed by atoms with Gasteiger partial charge >= 0.3 is 5.91 Å². The van der Waals surface area contributed by atoms with Crippen LogP contribution < -0.4 is 14.4 Å². The van der Waals surface area contributed by atoms with Gasteiger partial charge in [-0.25, -0.2) is 4.98 Å². The van der Waals surface area contributed by atoms with E-state index in [4.69, 9.17) is 9.47 Å². The van der Waals surface area contributed by atoms with Crippen LogP contribution in [0.1, 0.15) is 50.3 Å². The van der Waals surface area contributed by atoms with Crippen LogP contribution >= 0.6 is 11.3 Å². The molecule has 2 heterocycles. The van der Waals surface area contributed by atoms with Crippen LogP contribution in [0.4, 0.5) is 5.13 Å². The van der Waals surface area contributed by atoms with Crippen LogP contribution in [0.5, 0.6) is 11.5 Å². The molecule has 0 saturated carbocycles. The Balaban J connectivity index is 1.82. The molecule has 35 heavy (non-hydrogen) atoms. The summed E-state index contributed by atoms with van der Waals surface area (Å²) in [5.41, 5.74) is 1.08. The molecule has 2 aromatic carbocycles. The Bertz CT molecular complexity index is 1210. The summed E-state index contributed by atoms with van der Waals surface area (Å²) >= 11 is 1.25. The highest BCUT2D eigenvalue weighted by molar-refractivity contribution is 7.14. The molecule has 1 fully saturated rings. The molecule has 1 N–H and O–H groups in total. The fourth-order valence-electron chi connectivity index (χ4n) is 4.05. The highest BCUT2D eigenvalue weighted by Crippen LogP contribution is 2.44. The van der Waals surface area contributed by atoms with Crippen molar-refractivity contribution < 1.29 is 24.2 Å². The zero-order chi connectivity index (χ0) is 24.8. The van der Waals surface area contributed by atoms with E-state index in [1.165, 1.54) is 16.2 Å². The lowest BCUT2D eigenvalue weighted by atomic mass is 9.95. The molecule has 1 aliphatic heterocycles. The molecular formula is C27H28N2O5S. The molecule has 1 unspecified atom stereocenters. The minimum atomic E-state index is -0.866. The summed E-state index contributed by atoms with van der Waals surface area (Å²) in [5.74, 6) is -0.609. The first-order valence-corrected chi connectivity index (χ1v) is 12.6. The fraction of sp³-hybridized carbons (Fsp3) is 0.296. The maximum Gasteiger partial charge on any atom is 0.301 e. The fourth-order valence-corrected chi connectivity index (χ4v) is 4.72. The molecular weight excluding hydrogens is 464 g/mol. The van der Waals surface area contributed by atoms with Crippen LogP contribution in [0.25, 0.3) is 5.76 Å². The van der Waals surface area contributed by atoms with Crippen LogP contribution in [-0.2, 0) is 9.59 Å². The smallest absolute Gasteiger partial charge is 0.301 e. The molecule has 7 nitrogen and oxygen atoms in total. The summed E-state index contributed by atoms with van der Waals surface area (Å²) in [6, 6.07) is 13.2. The topological polar surface area (TPSA) is 89.0 Å². The number of thiazole rings is 1. The molecule has 3 aromatic rings. The van der Waals surface area contributed by atoms with Gasteiger partial charge in [-0.15, -0.1) is 11.3 Å². The van der Waals surface area contributed by atoms with Crippen molar-refractivity contribution in [3.05, 3.63) is 76.8 Å². The van der Waals surface area contributed by atoms with Gasteiger partial charge in [-0.2, -0.15) is 0 Å². The zero-order valence-corrected chi connectivity index (χ0v) is 20.6. The number of Topliss-reactive ketones (excluding diaryl/α,β-unsaturated/α-hetero) is 1. The second kappa shape index (κ2) is 11.2. The van der Waals surface area contributed by atoms with Crippen molar-refractivity contribution >= 4 is 33.9 Å². The standard InChI is InChI=1S/C27H28N2O5S/c1-3-5-9-15-34-20-13-12-19(17-21(20)33-4-2)23-22(24(30)18-10-7-6-8-11-18)25(31)26(32)29(23)27-28-14-16-35-27/h6-8,10-14,16-17,23,30H,3-5,9,15H2,1-2H3/b24-22+. The summed E-state index contributed by atoms with van der Waals surface area (Å²) in [7, 11) is 0. The van der Waals surface area contributed by atoms with Crippen LogP contribution in [0.2, 0.25) is 0 Å². The van der Waals surface area contributed by atoms with Crippen LogP contribution in [0.3, 0.4) is 0 Å². The van der Waals surface area contributed by atoms with E-state index in [0.717, 1.165) is 19.3 Å². The first-order valence-electron chi connectivity index (χ1n) is 11.7. The maximum atomic E-state index is 13.2. The second-order valence-corrected chi connectivity index (χ2v) is 8.92. The molecule has 182 valence electrons. The number of unbranched alkanes of at least 4 members (excludes halogenated alkanes) is 2. The largest absolute Gasteiger partial charge is 0.507 e. The van der Waals surface area contributed by atoms with E-state index in [1.807, 2.05) is 13.0 Å². The average molecular weight is 493 g/mol. The van der Waals surface area contributed by atoms with Crippen molar-refractivity contribution in [1.29, 1.82) is 0 Å². The van der Waals surface area contributed by atoms with Crippen LogP contribution in [-0.4, -0.2) is 35.0 Å². The highest BCUT2D eigenvalue weighted by Gasteiger charge is 2.48. The lowest BCUT2D eigenvalue weighted by Crippen LogP contribution is -2.29. The van der Waals surface area contributed by atoms with E-state index in [-0.39, 0.29) is 11.3 Å². The van der Waals surface area contributed by atoms with E-state index in [1.54, 1.807) is 54.0 Å². The predicted octanol–water partition coefficient (Wildman–Crippen LogP) is 5.74. The number of carbonyl (C=O) groups excluding carboxylic acids is 2. The number of hydrogen-bond donors (Lipinski definition) is 1. The monoisotopic (exact) mass is 492 g/mol. The number of aliphatic hydroxyl groups is 1. The number of aromatic nitrogens is 1. The minimum absolute atomic E-state index is 0.00969. The molecule has 1 saturated heterocycles. The molecule has 1 atom stereocenters. The van der Waals surface area contributed by atoms with Crippen LogP contribution in [0, 0.1) is 0 Å². The Labute approximate surface area is 208 Å². The predicted molar refractivity (Wildman–Crippen MR) is 136 cm³/mol. The normalized spacial score (nSPS) is 17.1. The third-order valence-electron chi connectivity index (χ3n) is 5.71. The molecule has 4 rings (SSSR count). The number of aliphatic hydroxyl groups excluding tert-OH is 1. The Hall–Kier alpha value is -3.65. The Morgan fingerprint density at radius 1 is 1.06 bits per heavy atom. The minimum Gasteiger partial charge on any atom is -0.507 e. The quantitative estimate of drug-likeness (QED) is 0.168. The summed E-state index contributed by atoms with van der Waals surface area (Å²) in [6.07, 6.45) is 4.68. The van der Waals surface area contributed by atoms with Crippen molar-refractivity contribution in [3.8, 4) is 11.5 Å². The van der Waals surface area contributed by atoms with E-state index >= 15 is 0 Å². The number of rotatable bonds is 10. The number of hydrogen-bond acceptors (Lipinski definition) is 7. The number of carbonyl (C=O) groups is 2. The van der Waals surface area contributed by atoms with Gasteiger partial charge in [-0.3, -0.25) is 14.5 Å². The molecule has 0 aliphatic carbocycles. The van der Waals surface area contributed by atoms with Crippen LogP contribution in [0.15, 0.2) is 65.7 Å². The lowest BCUT2D eigenvalue weighted by molar-refractivity contribution is -0.132. The Morgan fingerprint density at radius 2 is 1.86 bits per heavy atom. The van der Waals surface area contributed by atoms with Gasteiger partial charge in [0.2, 0.25) is 0 Å². The number of benzene rings is 2. The third kappa shape index (κ3) is 5.07. The molecule has 0 radical (unpaired) electrons. The number of ketones is 1. The molecule has 0 spiro atoms. The maximum absolute atomic E-state index is 13.2. The number of nitrogens with zero attached hydrogens (tertiary/aromatic N) is 2. The highest BCUT2D eigenvalue weighted by atomic mass is 32.1. The van der Waals surface area contributed by atoms with E-state index in [0.29, 0.717) is 41.0 Å². The van der Waals surface area contributed by atoms with Gasteiger partial charge in [-0.05, 0) is 31.0 Å². The van der Waals surface area contributed by atoms with E-state index in [9.17, 15) is 14.7 Å². The molecule has 1 aliphatic rings. The van der Waals surface area contributed by atoms with E-state index < -0.39 is 17.7 Å². The summed E-state index contributed by atoms with van der Waals surface area (Å²) in [6.45, 7) is 5.00. The van der Waals surface area contributed by atoms with E-state index in [2.05, 4.69) is 11.9 Å². The molecule has 8 heteroatoms. The second-order valence-electron chi connectivity index (χ2n) is 8.04. The third-order valence-corrected chi connectivity index (χ3v) is 6.48. The lowest BCUT2D eigenvalue weighted by Gasteiger charge is -2.24. The van der Waals surface area contributed by atoms with Gasteiger partial charge in [-0.1, -0.05) is 56.2 Å².